The van der Waals surface area contributed by atoms with Gasteiger partial charge in [0.05, 0.1) is 10.8 Å². The van der Waals surface area contributed by atoms with Gasteiger partial charge in [-0.2, -0.15) is 0 Å². The lowest BCUT2D eigenvalue weighted by molar-refractivity contribution is 0.163. The van der Waals surface area contributed by atoms with E-state index in [1.165, 1.54) is 94.7 Å². The fourth-order valence-corrected chi connectivity index (χ4v) is 4.10. The van der Waals surface area contributed by atoms with Crippen LogP contribution in [0.15, 0.2) is 10.8 Å². The minimum absolute atomic E-state index is 0.524. The monoisotopic (exact) mass is 386 g/mol. The smallest absolute Gasteiger partial charge is 0.0987 e. The third kappa shape index (κ3) is 8.47. The summed E-state index contributed by atoms with van der Waals surface area (Å²) in [5, 5.41) is 0. The number of nitrogens with zero attached hydrogens (tertiary/aromatic N) is 2. The predicted molar refractivity (Wildman–Crippen MR) is 107 cm³/mol. The minimum Gasteiger partial charge on any atom is -0.355 e. The molecule has 1 heterocycles. The van der Waals surface area contributed by atoms with Crippen LogP contribution in [0.1, 0.15) is 97.8 Å². The highest BCUT2D eigenvalue weighted by atomic mass is 79.9. The van der Waals surface area contributed by atoms with E-state index in [9.17, 15) is 0 Å². The van der Waals surface area contributed by atoms with Crippen LogP contribution >= 0.6 is 15.9 Å². The summed E-state index contributed by atoms with van der Waals surface area (Å²) in [6.07, 6.45) is 19.4. The Morgan fingerprint density at radius 2 is 1.26 bits per heavy atom. The molecule has 0 aromatic carbocycles. The summed E-state index contributed by atoms with van der Waals surface area (Å²) in [7, 11) is 0. The molecule has 0 aromatic rings. The van der Waals surface area contributed by atoms with Gasteiger partial charge in [0.25, 0.3) is 0 Å². The van der Waals surface area contributed by atoms with E-state index in [2.05, 4.69) is 52.7 Å². The predicted octanol–water partition coefficient (Wildman–Crippen LogP) is 6.86. The van der Waals surface area contributed by atoms with E-state index >= 15 is 0 Å². The first kappa shape index (κ1) is 20.9. The third-order valence-corrected chi connectivity index (χ3v) is 5.66. The number of halogens is 1. The first-order chi connectivity index (χ1) is 11.2. The molecule has 0 bridgehead atoms. The van der Waals surface area contributed by atoms with Crippen molar-refractivity contribution in [2.45, 2.75) is 104 Å². The molecule has 2 nitrogen and oxygen atoms in total. The Morgan fingerprint density at radius 3 is 1.83 bits per heavy atom. The van der Waals surface area contributed by atoms with Crippen LogP contribution in [0.2, 0.25) is 0 Å². The quantitative estimate of drug-likeness (QED) is 0.237. The van der Waals surface area contributed by atoms with Crippen LogP contribution < -0.4 is 0 Å². The number of hydrogen-bond donors (Lipinski definition) is 0. The molecule has 1 aliphatic rings. The lowest BCUT2D eigenvalue weighted by Crippen LogP contribution is -2.37. The van der Waals surface area contributed by atoms with Crippen molar-refractivity contribution in [1.82, 2.24) is 9.80 Å². The maximum absolute atomic E-state index is 3.77. The number of unbranched alkanes of at least 4 members (excludes halogenated alkanes) is 10. The van der Waals surface area contributed by atoms with Gasteiger partial charge in [-0.3, -0.25) is 0 Å². The summed E-state index contributed by atoms with van der Waals surface area (Å²) >= 11 is 3.77. The zero-order chi connectivity index (χ0) is 16.9. The molecule has 1 rings (SSSR count). The van der Waals surface area contributed by atoms with Crippen molar-refractivity contribution < 1.29 is 0 Å². The Morgan fingerprint density at radius 1 is 0.783 bits per heavy atom. The van der Waals surface area contributed by atoms with E-state index in [0.29, 0.717) is 6.17 Å². The van der Waals surface area contributed by atoms with Gasteiger partial charge in [0.1, 0.15) is 0 Å². The van der Waals surface area contributed by atoms with Crippen molar-refractivity contribution in [3.63, 3.8) is 0 Å². The second-order valence-corrected chi connectivity index (χ2v) is 7.86. The summed E-state index contributed by atoms with van der Waals surface area (Å²) in [5.41, 5.74) is 0. The van der Waals surface area contributed by atoms with Gasteiger partial charge < -0.3 is 9.80 Å². The molecule has 1 unspecified atom stereocenters. The van der Waals surface area contributed by atoms with Gasteiger partial charge in [0.2, 0.25) is 0 Å². The van der Waals surface area contributed by atoms with Crippen molar-refractivity contribution >= 4 is 15.9 Å². The van der Waals surface area contributed by atoms with Gasteiger partial charge in [0.15, 0.2) is 0 Å². The number of hydrogen-bond acceptors (Lipinski definition) is 2. The van der Waals surface area contributed by atoms with E-state index in [-0.39, 0.29) is 0 Å². The molecule has 136 valence electrons. The zero-order valence-electron chi connectivity index (χ0n) is 15.8. The molecular formula is C20H39BrN2. The van der Waals surface area contributed by atoms with Gasteiger partial charge >= 0.3 is 0 Å². The fourth-order valence-electron chi connectivity index (χ4n) is 3.36. The maximum atomic E-state index is 3.77. The Hall–Kier alpha value is -0.180. The maximum Gasteiger partial charge on any atom is 0.0987 e. The standard InChI is InChI=1S/C20H39BrN2/c1-4-6-8-10-12-14-16-22-18-20(21)23(19(22)3)17-15-13-11-9-7-5-2/h18-19H,4-17H2,1-3H3. The molecular weight excluding hydrogens is 348 g/mol. The molecule has 1 aliphatic heterocycles. The Bertz CT molecular complexity index is 317. The zero-order valence-corrected chi connectivity index (χ0v) is 17.4. The van der Waals surface area contributed by atoms with Crippen molar-refractivity contribution in [2.24, 2.45) is 0 Å². The normalized spacial score (nSPS) is 17.9. The van der Waals surface area contributed by atoms with E-state index in [1.54, 1.807) is 0 Å². The average Bonchev–Trinajstić information content (AvgIpc) is 2.81. The fraction of sp³-hybridized carbons (Fsp3) is 0.900. The highest BCUT2D eigenvalue weighted by Gasteiger charge is 2.26. The lowest BCUT2D eigenvalue weighted by Gasteiger charge is -2.30. The Balaban J connectivity index is 2.14. The van der Waals surface area contributed by atoms with Gasteiger partial charge in [-0.1, -0.05) is 78.1 Å². The molecule has 1 atom stereocenters. The highest BCUT2D eigenvalue weighted by Crippen LogP contribution is 2.27. The van der Waals surface area contributed by atoms with Gasteiger partial charge in [0, 0.05) is 19.3 Å². The van der Waals surface area contributed by atoms with E-state index < -0.39 is 0 Å². The second kappa shape index (κ2) is 13.1. The lowest BCUT2D eigenvalue weighted by atomic mass is 10.1. The van der Waals surface area contributed by atoms with Crippen molar-refractivity contribution in [1.29, 1.82) is 0 Å². The van der Waals surface area contributed by atoms with Gasteiger partial charge in [-0.15, -0.1) is 0 Å². The molecule has 0 aliphatic carbocycles. The first-order valence-electron chi connectivity index (χ1n) is 10.1. The Labute approximate surface area is 153 Å². The number of rotatable bonds is 14. The average molecular weight is 387 g/mol. The summed E-state index contributed by atoms with van der Waals surface area (Å²) in [4.78, 5) is 5.04. The van der Waals surface area contributed by atoms with E-state index in [0.717, 1.165) is 0 Å². The molecule has 23 heavy (non-hydrogen) atoms. The van der Waals surface area contributed by atoms with Crippen LogP contribution in [0.25, 0.3) is 0 Å². The van der Waals surface area contributed by atoms with Gasteiger partial charge in [-0.25, -0.2) is 0 Å². The summed E-state index contributed by atoms with van der Waals surface area (Å²) in [5.74, 6) is 0. The van der Waals surface area contributed by atoms with Crippen LogP contribution in [0.5, 0.6) is 0 Å². The van der Waals surface area contributed by atoms with Crippen molar-refractivity contribution in [3.8, 4) is 0 Å². The SMILES string of the molecule is CCCCCCCCN1C=C(Br)N(CCCCCCCC)C1C. The molecule has 0 spiro atoms. The molecule has 0 saturated heterocycles. The molecule has 3 heteroatoms. The van der Waals surface area contributed by atoms with Crippen LogP contribution in [-0.2, 0) is 0 Å². The van der Waals surface area contributed by atoms with Crippen LogP contribution in [0.3, 0.4) is 0 Å². The molecule has 0 amide bonds. The van der Waals surface area contributed by atoms with Crippen LogP contribution in [-0.4, -0.2) is 29.1 Å². The summed E-state index contributed by atoms with van der Waals surface area (Å²) in [6.45, 7) is 9.31. The molecule has 0 aromatic heterocycles. The molecule has 0 N–H and O–H groups in total. The molecule has 0 radical (unpaired) electrons. The van der Waals surface area contributed by atoms with E-state index in [1.807, 2.05) is 0 Å². The second-order valence-electron chi connectivity index (χ2n) is 7.05. The minimum atomic E-state index is 0.524. The van der Waals surface area contributed by atoms with E-state index in [4.69, 9.17) is 0 Å². The summed E-state index contributed by atoms with van der Waals surface area (Å²) in [6, 6.07) is 0. The van der Waals surface area contributed by atoms with Gasteiger partial charge in [-0.05, 0) is 35.7 Å². The highest BCUT2D eigenvalue weighted by molar-refractivity contribution is 9.11. The summed E-state index contributed by atoms with van der Waals surface area (Å²) < 4.78 is 1.28. The van der Waals surface area contributed by atoms with Crippen molar-refractivity contribution in [2.75, 3.05) is 13.1 Å². The molecule has 0 saturated carbocycles. The first-order valence-corrected chi connectivity index (χ1v) is 10.9. The Kier molecular flexibility index (Phi) is 11.9. The largest absolute Gasteiger partial charge is 0.355 e. The third-order valence-electron chi connectivity index (χ3n) is 5.00. The molecule has 0 fully saturated rings. The van der Waals surface area contributed by atoms with Crippen molar-refractivity contribution in [3.05, 3.63) is 10.8 Å². The van der Waals surface area contributed by atoms with Crippen LogP contribution in [0, 0.1) is 0 Å². The van der Waals surface area contributed by atoms with Crippen LogP contribution in [0.4, 0.5) is 0 Å². The topological polar surface area (TPSA) is 6.48 Å².